The second-order valence-electron chi connectivity index (χ2n) is 5.63. The molecule has 0 aliphatic heterocycles. The van der Waals surface area contributed by atoms with Gasteiger partial charge in [-0.3, -0.25) is 10.8 Å². The summed E-state index contributed by atoms with van der Waals surface area (Å²) < 4.78 is 0. The van der Waals surface area contributed by atoms with E-state index in [2.05, 4.69) is 0 Å². The molecule has 0 amide bonds. The van der Waals surface area contributed by atoms with Crippen molar-refractivity contribution < 1.29 is 0 Å². The van der Waals surface area contributed by atoms with Gasteiger partial charge in [-0.1, -0.05) is 30.7 Å². The van der Waals surface area contributed by atoms with Crippen molar-refractivity contribution in [3.8, 4) is 0 Å². The maximum Gasteiger partial charge on any atom is 0.122 e. The molecule has 148 valence electrons. The smallest absolute Gasteiger partial charge is 0.122 e. The van der Waals surface area contributed by atoms with Crippen molar-refractivity contribution in [3.63, 3.8) is 0 Å². The lowest BCUT2D eigenvalue weighted by Gasteiger charge is -2.05. The Morgan fingerprint density at radius 1 is 0.630 bits per heavy atom. The van der Waals surface area contributed by atoms with E-state index in [1.165, 1.54) is 29.1 Å². The fraction of sp³-hybridized carbons (Fsp3) is 0.263. The Morgan fingerprint density at radius 3 is 1.26 bits per heavy atom. The number of amidine groups is 2. The number of nitrogen functional groups attached to an aromatic ring is 2. The molecule has 0 aliphatic rings. The summed E-state index contributed by atoms with van der Waals surface area (Å²) in [5.41, 5.74) is 12.5. The molecule has 0 spiro atoms. The zero-order chi connectivity index (χ0) is 18.1. The highest BCUT2D eigenvalue weighted by Gasteiger charge is 2.00. The van der Waals surface area contributed by atoms with Crippen molar-refractivity contribution >= 4 is 60.0 Å². The molecule has 2 aromatic carbocycles. The second kappa shape index (κ2) is 13.8. The Morgan fingerprint density at radius 2 is 0.963 bits per heavy atom. The van der Waals surface area contributed by atoms with Crippen LogP contribution in [0.1, 0.15) is 30.4 Å². The summed E-state index contributed by atoms with van der Waals surface area (Å²) in [6.45, 7) is 0. The van der Waals surface area contributed by atoms with E-state index in [0.717, 1.165) is 22.6 Å². The van der Waals surface area contributed by atoms with Crippen LogP contribution in [0.5, 0.6) is 0 Å². The first-order chi connectivity index (χ1) is 12.1. The minimum absolute atomic E-state index is 0. The summed E-state index contributed by atoms with van der Waals surface area (Å²) in [6, 6.07) is 15.7. The lowest BCUT2D eigenvalue weighted by molar-refractivity contribution is 0.785. The maximum absolute atomic E-state index is 7.38. The van der Waals surface area contributed by atoms with E-state index in [4.69, 9.17) is 22.3 Å². The molecule has 0 heterocycles. The SMILES string of the molecule is Cl.Cl.N=C(N)c1ccc(SCCCCCSc2ccc(C(=N)N)cc2)cc1. The normalized spacial score (nSPS) is 9.78. The van der Waals surface area contributed by atoms with Gasteiger partial charge >= 0.3 is 0 Å². The third kappa shape index (κ3) is 9.42. The first kappa shape index (κ1) is 25.7. The molecule has 0 unspecified atom stereocenters. The zero-order valence-electron chi connectivity index (χ0n) is 14.9. The fourth-order valence-electron chi connectivity index (χ4n) is 2.22. The van der Waals surface area contributed by atoms with E-state index in [-0.39, 0.29) is 36.5 Å². The Balaban J connectivity index is 0.00000338. The lowest BCUT2D eigenvalue weighted by atomic mass is 10.2. The first-order valence-corrected chi connectivity index (χ1v) is 10.2. The maximum atomic E-state index is 7.38. The standard InChI is InChI=1S/C19H24N4S2.2ClH/c20-18(21)14-4-8-16(9-5-14)24-12-2-1-3-13-25-17-10-6-15(7-11-17)19(22)23;;/h4-11H,1-3,12-13H2,(H3,20,21)(H3,22,23);2*1H. The third-order valence-electron chi connectivity index (χ3n) is 3.66. The minimum Gasteiger partial charge on any atom is -0.384 e. The molecule has 6 N–H and O–H groups in total. The van der Waals surface area contributed by atoms with E-state index in [0.29, 0.717) is 0 Å². The van der Waals surface area contributed by atoms with Crippen LogP contribution >= 0.6 is 48.3 Å². The van der Waals surface area contributed by atoms with Crippen molar-refractivity contribution in [3.05, 3.63) is 59.7 Å². The van der Waals surface area contributed by atoms with Crippen molar-refractivity contribution in [2.75, 3.05) is 11.5 Å². The Bertz CT molecular complexity index is 645. The molecular weight excluding hydrogens is 419 g/mol. The molecule has 0 saturated carbocycles. The monoisotopic (exact) mass is 444 g/mol. The number of hydrogen-bond acceptors (Lipinski definition) is 4. The number of halogens is 2. The van der Waals surface area contributed by atoms with Gasteiger partial charge in [0.25, 0.3) is 0 Å². The molecule has 4 nitrogen and oxygen atoms in total. The predicted molar refractivity (Wildman–Crippen MR) is 125 cm³/mol. The molecule has 2 aromatic rings. The van der Waals surface area contributed by atoms with E-state index in [1.807, 2.05) is 72.1 Å². The number of nitrogens with one attached hydrogen (secondary N) is 2. The summed E-state index contributed by atoms with van der Waals surface area (Å²) in [7, 11) is 0. The van der Waals surface area contributed by atoms with E-state index < -0.39 is 0 Å². The van der Waals surface area contributed by atoms with Crippen LogP contribution in [0.25, 0.3) is 0 Å². The molecular formula is C19H26Cl2N4S2. The molecule has 2 rings (SSSR count). The van der Waals surface area contributed by atoms with Crippen molar-refractivity contribution in [2.24, 2.45) is 11.5 Å². The third-order valence-corrected chi connectivity index (χ3v) is 5.85. The highest BCUT2D eigenvalue weighted by molar-refractivity contribution is 7.99. The zero-order valence-corrected chi connectivity index (χ0v) is 18.2. The van der Waals surface area contributed by atoms with Crippen LogP contribution in [0.4, 0.5) is 0 Å². The van der Waals surface area contributed by atoms with Crippen molar-refractivity contribution in [1.29, 1.82) is 10.8 Å². The molecule has 27 heavy (non-hydrogen) atoms. The van der Waals surface area contributed by atoms with Crippen LogP contribution < -0.4 is 11.5 Å². The molecule has 0 bridgehead atoms. The minimum atomic E-state index is 0. The van der Waals surface area contributed by atoms with Gasteiger partial charge in [-0.25, -0.2) is 0 Å². The number of thioether (sulfide) groups is 2. The molecule has 0 fully saturated rings. The van der Waals surface area contributed by atoms with E-state index in [9.17, 15) is 0 Å². The first-order valence-electron chi connectivity index (χ1n) is 8.21. The van der Waals surface area contributed by atoms with Crippen LogP contribution in [0.15, 0.2) is 58.3 Å². The van der Waals surface area contributed by atoms with Crippen LogP contribution in [0.2, 0.25) is 0 Å². The molecule has 0 atom stereocenters. The summed E-state index contributed by atoms with van der Waals surface area (Å²) in [6.07, 6.45) is 3.61. The molecule has 0 aromatic heterocycles. The number of rotatable bonds is 10. The number of nitrogens with two attached hydrogens (primary N) is 2. The van der Waals surface area contributed by atoms with Gasteiger partial charge in [-0.05, 0) is 48.6 Å². The topological polar surface area (TPSA) is 99.7 Å². The van der Waals surface area contributed by atoms with Gasteiger partial charge in [-0.15, -0.1) is 48.3 Å². The van der Waals surface area contributed by atoms with E-state index >= 15 is 0 Å². The van der Waals surface area contributed by atoms with Crippen molar-refractivity contribution in [2.45, 2.75) is 29.1 Å². The van der Waals surface area contributed by atoms with Crippen LogP contribution in [0.3, 0.4) is 0 Å². The number of unbranched alkanes of at least 4 members (excludes halogenated alkanes) is 2. The molecule has 8 heteroatoms. The Kier molecular flexibility index (Phi) is 13.1. The van der Waals surface area contributed by atoms with Crippen LogP contribution in [-0.4, -0.2) is 23.2 Å². The van der Waals surface area contributed by atoms with Gasteiger partial charge in [0.2, 0.25) is 0 Å². The van der Waals surface area contributed by atoms with Gasteiger partial charge in [-0.2, -0.15) is 0 Å². The molecule has 0 saturated heterocycles. The van der Waals surface area contributed by atoms with Crippen LogP contribution in [0, 0.1) is 10.8 Å². The number of benzene rings is 2. The average Bonchev–Trinajstić information content (AvgIpc) is 2.61. The molecule has 0 aliphatic carbocycles. The van der Waals surface area contributed by atoms with Crippen molar-refractivity contribution in [1.82, 2.24) is 0 Å². The summed E-state index contributed by atoms with van der Waals surface area (Å²) in [5.74, 6) is 2.45. The second-order valence-corrected chi connectivity index (χ2v) is 7.97. The Labute approximate surface area is 182 Å². The fourth-order valence-corrected chi connectivity index (χ4v) is 4.05. The largest absolute Gasteiger partial charge is 0.384 e. The predicted octanol–water partition coefficient (Wildman–Crippen LogP) is 5.15. The average molecular weight is 445 g/mol. The highest BCUT2D eigenvalue weighted by Crippen LogP contribution is 2.22. The lowest BCUT2D eigenvalue weighted by Crippen LogP contribution is -2.10. The summed E-state index contributed by atoms with van der Waals surface area (Å²) in [4.78, 5) is 2.45. The number of hydrogen-bond donors (Lipinski definition) is 4. The van der Waals surface area contributed by atoms with E-state index in [1.54, 1.807) is 0 Å². The van der Waals surface area contributed by atoms with Gasteiger partial charge in [0, 0.05) is 20.9 Å². The van der Waals surface area contributed by atoms with Gasteiger partial charge < -0.3 is 11.5 Å². The van der Waals surface area contributed by atoms with Crippen LogP contribution in [-0.2, 0) is 0 Å². The van der Waals surface area contributed by atoms with Gasteiger partial charge in [0.1, 0.15) is 11.7 Å². The summed E-state index contributed by atoms with van der Waals surface area (Å²) >= 11 is 3.70. The highest BCUT2D eigenvalue weighted by atomic mass is 35.5. The van der Waals surface area contributed by atoms with Gasteiger partial charge in [0.15, 0.2) is 0 Å². The van der Waals surface area contributed by atoms with Gasteiger partial charge in [0.05, 0.1) is 0 Å². The summed E-state index contributed by atoms with van der Waals surface area (Å²) in [5, 5.41) is 14.8. The quantitative estimate of drug-likeness (QED) is 0.176. The Hall–Kier alpha value is -1.34. The molecule has 0 radical (unpaired) electrons.